The van der Waals surface area contributed by atoms with Crippen molar-refractivity contribution in [1.29, 1.82) is 5.41 Å². The molecular weight excluding hydrogens is 524 g/mol. The Hall–Kier alpha value is -5.87. The number of H-pyrrole nitrogens is 1. The van der Waals surface area contributed by atoms with Gasteiger partial charge in [-0.2, -0.15) is 4.99 Å². The summed E-state index contributed by atoms with van der Waals surface area (Å²) in [5.41, 5.74) is 10.8. The lowest BCUT2D eigenvalue weighted by Crippen LogP contribution is -2.17. The first-order chi connectivity index (χ1) is 21.2. The predicted molar refractivity (Wildman–Crippen MR) is 177 cm³/mol. The minimum atomic E-state index is 0.146. The van der Waals surface area contributed by atoms with Crippen molar-refractivity contribution in [2.45, 2.75) is 0 Å². The second kappa shape index (κ2) is 11.6. The van der Waals surface area contributed by atoms with Gasteiger partial charge in [0.1, 0.15) is 0 Å². The molecule has 0 saturated heterocycles. The zero-order valence-corrected chi connectivity index (χ0v) is 23.4. The van der Waals surface area contributed by atoms with Crippen LogP contribution in [0.5, 0.6) is 0 Å². The summed E-state index contributed by atoms with van der Waals surface area (Å²) in [4.78, 5) is 12.7. The Morgan fingerprint density at radius 1 is 0.488 bits per heavy atom. The van der Waals surface area contributed by atoms with Crippen LogP contribution in [0.25, 0.3) is 55.5 Å². The average molecular weight is 553 g/mol. The van der Waals surface area contributed by atoms with Crippen molar-refractivity contribution >= 4 is 16.7 Å². The number of benzene rings is 6. The Labute approximate surface area is 250 Å². The highest BCUT2D eigenvalue weighted by molar-refractivity contribution is 5.98. The van der Waals surface area contributed by atoms with E-state index in [0.29, 0.717) is 5.62 Å². The molecule has 204 valence electrons. The minimum absolute atomic E-state index is 0.146. The summed E-state index contributed by atoms with van der Waals surface area (Å²) in [6.07, 6.45) is 0. The van der Waals surface area contributed by atoms with E-state index in [1.54, 1.807) is 0 Å². The van der Waals surface area contributed by atoms with Crippen LogP contribution >= 0.6 is 0 Å². The Kier molecular flexibility index (Phi) is 7.00. The van der Waals surface area contributed by atoms with Gasteiger partial charge in [0, 0.05) is 16.5 Å². The van der Waals surface area contributed by atoms with Crippen LogP contribution in [-0.4, -0.2) is 15.8 Å². The summed E-state index contributed by atoms with van der Waals surface area (Å²) in [5.74, 6) is 0.146. The standard InChI is InChI=1S/C39H28N4/c40-38(43-39-41-36-19-11-10-18-35(36)37(42-39)30-16-8-3-9-17-30)31-22-20-29(21-23-31)34-25-32(27-12-4-1-5-13-27)24-33(26-34)28-14-6-2-7-15-28/h1-26H,(H2,40,41,42,43). The summed E-state index contributed by atoms with van der Waals surface area (Å²) in [7, 11) is 0. The number of fused-ring (bicyclic) bond motifs is 1. The number of hydrogen-bond donors (Lipinski definition) is 2. The van der Waals surface area contributed by atoms with E-state index in [2.05, 4.69) is 88.8 Å². The molecule has 0 atom stereocenters. The maximum atomic E-state index is 8.79. The van der Waals surface area contributed by atoms with Crippen LogP contribution < -0.4 is 5.62 Å². The van der Waals surface area contributed by atoms with E-state index >= 15 is 0 Å². The van der Waals surface area contributed by atoms with E-state index in [-0.39, 0.29) is 5.84 Å². The van der Waals surface area contributed by atoms with Crippen LogP contribution in [0, 0.1) is 5.41 Å². The Bertz CT molecular complexity index is 2060. The van der Waals surface area contributed by atoms with Gasteiger partial charge < -0.3 is 4.98 Å². The lowest BCUT2D eigenvalue weighted by Gasteiger charge is -2.12. The number of amidine groups is 1. The zero-order valence-electron chi connectivity index (χ0n) is 23.4. The molecule has 0 bridgehead atoms. The van der Waals surface area contributed by atoms with Crippen LogP contribution in [0.4, 0.5) is 0 Å². The third-order valence-electron chi connectivity index (χ3n) is 7.55. The fourth-order valence-corrected chi connectivity index (χ4v) is 5.36. The van der Waals surface area contributed by atoms with Gasteiger partial charge in [0.15, 0.2) is 5.84 Å². The number of hydrogen-bond acceptors (Lipinski definition) is 2. The minimum Gasteiger partial charge on any atom is -0.323 e. The van der Waals surface area contributed by atoms with Crippen molar-refractivity contribution in [3.63, 3.8) is 0 Å². The van der Waals surface area contributed by atoms with E-state index in [9.17, 15) is 0 Å². The largest absolute Gasteiger partial charge is 0.323 e. The van der Waals surface area contributed by atoms with Crippen LogP contribution in [-0.2, 0) is 0 Å². The zero-order chi connectivity index (χ0) is 29.0. The molecule has 0 spiro atoms. The smallest absolute Gasteiger partial charge is 0.229 e. The highest BCUT2D eigenvalue weighted by Gasteiger charge is 2.10. The molecule has 0 aliphatic heterocycles. The van der Waals surface area contributed by atoms with Gasteiger partial charge in [0.25, 0.3) is 0 Å². The van der Waals surface area contributed by atoms with Crippen molar-refractivity contribution in [1.82, 2.24) is 9.97 Å². The van der Waals surface area contributed by atoms with Crippen molar-refractivity contribution in [2.75, 3.05) is 0 Å². The van der Waals surface area contributed by atoms with Crippen LogP contribution in [0.2, 0.25) is 0 Å². The normalized spacial score (nSPS) is 11.5. The number of para-hydroxylation sites is 1. The molecule has 6 aromatic carbocycles. The van der Waals surface area contributed by atoms with E-state index in [1.807, 2.05) is 78.9 Å². The van der Waals surface area contributed by atoms with Crippen molar-refractivity contribution in [3.05, 3.63) is 169 Å². The fourth-order valence-electron chi connectivity index (χ4n) is 5.36. The molecule has 1 aromatic heterocycles. The van der Waals surface area contributed by atoms with Crippen LogP contribution in [0.1, 0.15) is 5.56 Å². The summed E-state index contributed by atoms with van der Waals surface area (Å²) in [5, 5.41) is 9.80. The number of aromatic amines is 1. The molecule has 0 aliphatic carbocycles. The fraction of sp³-hybridized carbons (Fsp3) is 0. The average Bonchev–Trinajstić information content (AvgIpc) is 3.09. The molecule has 2 N–H and O–H groups in total. The molecule has 4 heteroatoms. The first-order valence-electron chi connectivity index (χ1n) is 14.3. The Balaban J connectivity index is 1.25. The van der Waals surface area contributed by atoms with Crippen LogP contribution in [0.3, 0.4) is 0 Å². The van der Waals surface area contributed by atoms with E-state index < -0.39 is 0 Å². The molecule has 1 heterocycles. The summed E-state index contributed by atoms with van der Waals surface area (Å²) in [6.45, 7) is 0. The molecule has 7 rings (SSSR count). The molecule has 0 fully saturated rings. The number of aromatic nitrogens is 2. The maximum absolute atomic E-state index is 8.79. The molecule has 0 saturated carbocycles. The van der Waals surface area contributed by atoms with E-state index in [0.717, 1.165) is 50.0 Å². The van der Waals surface area contributed by atoms with Crippen molar-refractivity contribution < 1.29 is 0 Å². The highest BCUT2D eigenvalue weighted by Crippen LogP contribution is 2.33. The second-order valence-electron chi connectivity index (χ2n) is 10.4. The first-order valence-corrected chi connectivity index (χ1v) is 14.3. The number of nitrogens with zero attached hydrogens (tertiary/aromatic N) is 2. The lowest BCUT2D eigenvalue weighted by atomic mass is 9.93. The molecule has 0 unspecified atom stereocenters. The van der Waals surface area contributed by atoms with Crippen LogP contribution in [0.15, 0.2) is 163 Å². The quantitative estimate of drug-likeness (QED) is 0.162. The highest BCUT2D eigenvalue weighted by atomic mass is 15.0. The van der Waals surface area contributed by atoms with Crippen molar-refractivity contribution in [3.8, 4) is 44.6 Å². The number of nitrogens with one attached hydrogen (secondary N) is 2. The second-order valence-corrected chi connectivity index (χ2v) is 10.4. The SMILES string of the molecule is N=C(N=c1nc(-c2ccccc2)c2ccccc2[nH]1)c1ccc(-c2cc(-c3ccccc3)cc(-c3ccccc3)c2)cc1. The summed E-state index contributed by atoms with van der Waals surface area (Å²) in [6, 6.07) is 53.8. The first kappa shape index (κ1) is 26.1. The van der Waals surface area contributed by atoms with E-state index in [4.69, 9.17) is 10.4 Å². The summed E-state index contributed by atoms with van der Waals surface area (Å²) < 4.78 is 0. The van der Waals surface area contributed by atoms with Gasteiger partial charge in [-0.3, -0.25) is 5.41 Å². The number of rotatable bonds is 5. The molecule has 7 aromatic rings. The molecule has 0 amide bonds. The monoisotopic (exact) mass is 552 g/mol. The van der Waals surface area contributed by atoms with Crippen molar-refractivity contribution in [2.24, 2.45) is 4.99 Å². The predicted octanol–water partition coefficient (Wildman–Crippen LogP) is 9.16. The van der Waals surface area contributed by atoms with Gasteiger partial charge in [0.2, 0.25) is 5.62 Å². The van der Waals surface area contributed by atoms with Gasteiger partial charge in [0.05, 0.1) is 11.2 Å². The lowest BCUT2D eigenvalue weighted by molar-refractivity contribution is 1.05. The summed E-state index contributed by atoms with van der Waals surface area (Å²) >= 11 is 0. The third kappa shape index (κ3) is 5.54. The Morgan fingerprint density at radius 2 is 0.953 bits per heavy atom. The molecule has 0 aliphatic rings. The van der Waals surface area contributed by atoms with Gasteiger partial charge in [-0.1, -0.05) is 133 Å². The van der Waals surface area contributed by atoms with E-state index in [1.165, 1.54) is 11.1 Å². The molecule has 0 radical (unpaired) electrons. The van der Waals surface area contributed by atoms with Gasteiger partial charge in [-0.25, -0.2) is 4.98 Å². The Morgan fingerprint density at radius 3 is 1.51 bits per heavy atom. The molecule has 43 heavy (non-hydrogen) atoms. The maximum Gasteiger partial charge on any atom is 0.229 e. The van der Waals surface area contributed by atoms with Gasteiger partial charge in [-0.05, 0) is 57.6 Å². The third-order valence-corrected chi connectivity index (χ3v) is 7.55. The van der Waals surface area contributed by atoms with Gasteiger partial charge >= 0.3 is 0 Å². The molecule has 4 nitrogen and oxygen atoms in total. The topological polar surface area (TPSA) is 64.9 Å². The molecular formula is C39H28N4. The van der Waals surface area contributed by atoms with Gasteiger partial charge in [-0.15, -0.1) is 0 Å².